The quantitative estimate of drug-likeness (QED) is 0.261. The van der Waals surface area contributed by atoms with E-state index >= 15 is 0 Å². The lowest BCUT2D eigenvalue weighted by Crippen LogP contribution is -2.43. The number of ether oxygens (including phenoxy) is 2. The maximum Gasteiger partial charge on any atom is 0.177 e. The van der Waals surface area contributed by atoms with E-state index in [9.17, 15) is 0 Å². The van der Waals surface area contributed by atoms with Gasteiger partial charge in [-0.3, -0.25) is 0 Å². The van der Waals surface area contributed by atoms with Crippen molar-refractivity contribution >= 4 is 0 Å². The highest BCUT2D eigenvalue weighted by atomic mass is 16.7. The zero-order chi connectivity index (χ0) is 17.0. The molecule has 0 bridgehead atoms. The van der Waals surface area contributed by atoms with Crippen LogP contribution in [0.1, 0.15) is 57.4 Å². The van der Waals surface area contributed by atoms with Gasteiger partial charge in [-0.1, -0.05) is 81.9 Å². The van der Waals surface area contributed by atoms with Crippen molar-refractivity contribution in [3.63, 3.8) is 0 Å². The van der Waals surface area contributed by atoms with Crippen LogP contribution in [-0.4, -0.2) is 20.0 Å². The smallest absolute Gasteiger partial charge is 0.177 e. The van der Waals surface area contributed by atoms with Gasteiger partial charge in [-0.05, 0) is 12.0 Å². The third-order valence-electron chi connectivity index (χ3n) is 4.70. The van der Waals surface area contributed by atoms with Gasteiger partial charge in [0.15, 0.2) is 5.79 Å². The summed E-state index contributed by atoms with van der Waals surface area (Å²) in [5.41, 5.74) is 1.23. The molecule has 0 saturated carbocycles. The summed E-state index contributed by atoms with van der Waals surface area (Å²) in [6.45, 7) is 6.29. The van der Waals surface area contributed by atoms with Gasteiger partial charge in [0.25, 0.3) is 0 Å². The number of hydrogen-bond donors (Lipinski definition) is 0. The van der Waals surface area contributed by atoms with Crippen molar-refractivity contribution in [3.05, 3.63) is 48.6 Å². The third kappa shape index (κ3) is 6.48. The Balaban J connectivity index is 2.62. The summed E-state index contributed by atoms with van der Waals surface area (Å²) in [5, 5.41) is 0. The fourth-order valence-electron chi connectivity index (χ4n) is 3.20. The topological polar surface area (TPSA) is 18.5 Å². The monoisotopic (exact) mass is 318 g/mol. The highest BCUT2D eigenvalue weighted by Crippen LogP contribution is 2.32. The molecule has 0 aliphatic carbocycles. The fraction of sp³-hybridized carbons (Fsp3) is 0.619. The molecule has 23 heavy (non-hydrogen) atoms. The summed E-state index contributed by atoms with van der Waals surface area (Å²) in [5.74, 6) is -0.420. The zero-order valence-electron chi connectivity index (χ0n) is 15.2. The van der Waals surface area contributed by atoms with Gasteiger partial charge in [0, 0.05) is 26.6 Å². The van der Waals surface area contributed by atoms with Gasteiger partial charge in [0.2, 0.25) is 0 Å². The van der Waals surface area contributed by atoms with Crippen LogP contribution in [0.15, 0.2) is 43.0 Å². The minimum absolute atomic E-state index is 0.198. The SMILES string of the molecule is C=CC(CCCCCCCC)C(Cc1ccccc1)(OC)OC. The maximum atomic E-state index is 5.85. The fourth-order valence-corrected chi connectivity index (χ4v) is 3.20. The second kappa shape index (κ2) is 11.4. The summed E-state index contributed by atoms with van der Waals surface area (Å²) < 4.78 is 11.7. The Morgan fingerprint density at radius 1 is 1.00 bits per heavy atom. The van der Waals surface area contributed by atoms with Gasteiger partial charge in [-0.25, -0.2) is 0 Å². The minimum atomic E-state index is -0.619. The van der Waals surface area contributed by atoms with E-state index in [2.05, 4.69) is 37.8 Å². The molecular weight excluding hydrogens is 284 g/mol. The van der Waals surface area contributed by atoms with Gasteiger partial charge >= 0.3 is 0 Å². The van der Waals surface area contributed by atoms with Crippen LogP contribution >= 0.6 is 0 Å². The number of benzene rings is 1. The molecule has 0 aliphatic heterocycles. The van der Waals surface area contributed by atoms with E-state index in [1.165, 1.54) is 44.1 Å². The molecule has 0 amide bonds. The molecule has 1 rings (SSSR count). The van der Waals surface area contributed by atoms with Crippen LogP contribution < -0.4 is 0 Å². The van der Waals surface area contributed by atoms with Crippen LogP contribution in [0.2, 0.25) is 0 Å². The molecule has 0 N–H and O–H groups in total. The zero-order valence-corrected chi connectivity index (χ0v) is 15.2. The van der Waals surface area contributed by atoms with Gasteiger partial charge in [-0.15, -0.1) is 6.58 Å². The van der Waals surface area contributed by atoms with Crippen molar-refractivity contribution < 1.29 is 9.47 Å². The Morgan fingerprint density at radius 2 is 1.61 bits per heavy atom. The highest BCUT2D eigenvalue weighted by Gasteiger charge is 2.37. The molecule has 2 heteroatoms. The van der Waals surface area contributed by atoms with Gasteiger partial charge < -0.3 is 9.47 Å². The molecule has 130 valence electrons. The van der Waals surface area contributed by atoms with Crippen molar-refractivity contribution in [1.29, 1.82) is 0 Å². The van der Waals surface area contributed by atoms with E-state index in [1.54, 1.807) is 14.2 Å². The standard InChI is InChI=1S/C21H34O2/c1-5-7-8-9-10-14-17-20(6-2)21(22-3,23-4)18-19-15-12-11-13-16-19/h6,11-13,15-16,20H,2,5,7-10,14,17-18H2,1,3-4H3. The van der Waals surface area contributed by atoms with Crippen molar-refractivity contribution in [1.82, 2.24) is 0 Å². The molecule has 1 unspecified atom stereocenters. The minimum Gasteiger partial charge on any atom is -0.352 e. The molecule has 1 aromatic carbocycles. The summed E-state index contributed by atoms with van der Waals surface area (Å²) in [6.07, 6.45) is 11.6. The highest BCUT2D eigenvalue weighted by molar-refractivity contribution is 5.17. The largest absolute Gasteiger partial charge is 0.352 e. The normalized spacial score (nSPS) is 13.0. The van der Waals surface area contributed by atoms with Gasteiger partial charge in [-0.2, -0.15) is 0 Å². The lowest BCUT2D eigenvalue weighted by Gasteiger charge is -2.37. The molecule has 0 spiro atoms. The average molecular weight is 319 g/mol. The molecular formula is C21H34O2. The second-order valence-corrected chi connectivity index (χ2v) is 6.28. The first-order valence-electron chi connectivity index (χ1n) is 8.99. The Labute approximate surface area is 142 Å². The first-order chi connectivity index (χ1) is 11.2. The first kappa shape index (κ1) is 19.9. The average Bonchev–Trinajstić information content (AvgIpc) is 2.60. The van der Waals surface area contributed by atoms with E-state index in [4.69, 9.17) is 9.47 Å². The molecule has 2 nitrogen and oxygen atoms in total. The van der Waals surface area contributed by atoms with E-state index in [0.29, 0.717) is 0 Å². The van der Waals surface area contributed by atoms with Crippen LogP contribution in [0.5, 0.6) is 0 Å². The van der Waals surface area contributed by atoms with E-state index in [0.717, 1.165) is 12.8 Å². The third-order valence-corrected chi connectivity index (χ3v) is 4.70. The summed E-state index contributed by atoms with van der Waals surface area (Å²) in [4.78, 5) is 0. The summed E-state index contributed by atoms with van der Waals surface area (Å²) in [6, 6.07) is 10.4. The molecule has 1 atom stereocenters. The number of hydrogen-bond acceptors (Lipinski definition) is 2. The second-order valence-electron chi connectivity index (χ2n) is 6.28. The van der Waals surface area contributed by atoms with Gasteiger partial charge in [0.1, 0.15) is 0 Å². The molecule has 0 radical (unpaired) electrons. The van der Waals surface area contributed by atoms with Crippen molar-refractivity contribution in [3.8, 4) is 0 Å². The summed E-state index contributed by atoms with van der Waals surface area (Å²) in [7, 11) is 3.48. The van der Waals surface area contributed by atoms with Crippen molar-refractivity contribution in [2.45, 2.75) is 64.1 Å². The molecule has 0 heterocycles. The summed E-state index contributed by atoms with van der Waals surface area (Å²) >= 11 is 0. The van der Waals surface area contributed by atoms with E-state index < -0.39 is 5.79 Å². The maximum absolute atomic E-state index is 5.85. The Hall–Kier alpha value is -1.12. The number of methoxy groups -OCH3 is 2. The Bertz CT molecular complexity index is 409. The lowest BCUT2D eigenvalue weighted by atomic mass is 9.87. The Morgan fingerprint density at radius 3 is 2.17 bits per heavy atom. The van der Waals surface area contributed by atoms with Crippen LogP contribution in [0.4, 0.5) is 0 Å². The molecule has 1 aromatic rings. The Kier molecular flexibility index (Phi) is 9.89. The predicted octanol–water partition coefficient (Wildman–Crippen LogP) is 5.77. The number of unbranched alkanes of at least 4 members (excludes halogenated alkanes) is 5. The molecule has 0 aromatic heterocycles. The first-order valence-corrected chi connectivity index (χ1v) is 8.99. The molecule has 0 saturated heterocycles. The van der Waals surface area contributed by atoms with E-state index in [-0.39, 0.29) is 5.92 Å². The molecule has 0 fully saturated rings. The van der Waals surface area contributed by atoms with Gasteiger partial charge in [0.05, 0.1) is 0 Å². The van der Waals surface area contributed by atoms with Crippen LogP contribution in [0.3, 0.4) is 0 Å². The van der Waals surface area contributed by atoms with Crippen molar-refractivity contribution in [2.24, 2.45) is 5.92 Å². The van der Waals surface area contributed by atoms with Crippen LogP contribution in [0.25, 0.3) is 0 Å². The number of rotatable bonds is 13. The van der Waals surface area contributed by atoms with E-state index in [1.807, 2.05) is 12.1 Å². The predicted molar refractivity (Wildman–Crippen MR) is 98.6 cm³/mol. The van der Waals surface area contributed by atoms with Crippen molar-refractivity contribution in [2.75, 3.05) is 14.2 Å². The lowest BCUT2D eigenvalue weighted by molar-refractivity contribution is -0.230. The molecule has 0 aliphatic rings. The van der Waals surface area contributed by atoms with Crippen LogP contribution in [-0.2, 0) is 15.9 Å². The van der Waals surface area contributed by atoms with Crippen LogP contribution in [0, 0.1) is 5.92 Å².